The maximum atomic E-state index is 4.95. The zero-order chi connectivity index (χ0) is 8.53. The van der Waals surface area contributed by atoms with E-state index in [9.17, 15) is 0 Å². The van der Waals surface area contributed by atoms with E-state index < -0.39 is 0 Å². The van der Waals surface area contributed by atoms with Crippen molar-refractivity contribution < 1.29 is 4.74 Å². The first-order chi connectivity index (χ1) is 5.31. The summed E-state index contributed by atoms with van der Waals surface area (Å²) in [6.07, 6.45) is 8.52. The van der Waals surface area contributed by atoms with E-state index in [1.54, 1.807) is 7.11 Å². The molecule has 0 saturated heterocycles. The topological polar surface area (TPSA) is 9.23 Å². The molecule has 0 aromatic rings. The molecule has 0 atom stereocenters. The monoisotopic (exact) mass is 154 g/mol. The third kappa shape index (κ3) is 7.34. The maximum Gasteiger partial charge on any atom is 0.0465 e. The Morgan fingerprint density at radius 2 is 2.18 bits per heavy atom. The summed E-state index contributed by atoms with van der Waals surface area (Å²) in [7, 11) is 1.74. The highest BCUT2D eigenvalue weighted by atomic mass is 16.5. The van der Waals surface area contributed by atoms with Crippen LogP contribution in [0.5, 0.6) is 0 Å². The van der Waals surface area contributed by atoms with Gasteiger partial charge in [0.1, 0.15) is 0 Å². The normalized spacial score (nSPS) is 12.8. The fourth-order valence-corrected chi connectivity index (χ4v) is 0.839. The molecule has 0 fully saturated rings. The third-order valence-electron chi connectivity index (χ3n) is 1.49. The van der Waals surface area contributed by atoms with E-state index in [2.05, 4.69) is 19.1 Å². The van der Waals surface area contributed by atoms with Crippen LogP contribution in [0.15, 0.2) is 23.8 Å². The molecule has 1 nitrogen and oxygen atoms in total. The van der Waals surface area contributed by atoms with Crippen molar-refractivity contribution in [2.45, 2.75) is 26.7 Å². The number of hydrogen-bond acceptors (Lipinski definition) is 1. The van der Waals surface area contributed by atoms with E-state index in [0.29, 0.717) is 0 Å². The molecule has 0 rings (SSSR count). The van der Waals surface area contributed by atoms with E-state index in [1.165, 1.54) is 5.57 Å². The quantitative estimate of drug-likeness (QED) is 0.437. The Kier molecular flexibility index (Phi) is 7.16. The fourth-order valence-electron chi connectivity index (χ4n) is 0.839. The molecule has 0 aromatic heterocycles. The summed E-state index contributed by atoms with van der Waals surface area (Å²) < 4.78 is 4.95. The molecule has 0 radical (unpaired) electrons. The van der Waals surface area contributed by atoms with E-state index in [0.717, 1.165) is 19.4 Å². The van der Waals surface area contributed by atoms with Crippen molar-refractivity contribution >= 4 is 0 Å². The van der Waals surface area contributed by atoms with Crippen molar-refractivity contribution in [3.05, 3.63) is 23.8 Å². The zero-order valence-electron chi connectivity index (χ0n) is 7.76. The lowest BCUT2D eigenvalue weighted by molar-refractivity contribution is 0.195. The summed E-state index contributed by atoms with van der Waals surface area (Å²) in [4.78, 5) is 0. The van der Waals surface area contributed by atoms with Gasteiger partial charge < -0.3 is 4.74 Å². The van der Waals surface area contributed by atoms with E-state index in [4.69, 9.17) is 4.74 Å². The van der Waals surface area contributed by atoms with E-state index >= 15 is 0 Å². The summed E-state index contributed by atoms with van der Waals surface area (Å²) in [6.45, 7) is 5.04. The number of methoxy groups -OCH3 is 1. The molecular formula is C10H18O. The molecule has 0 unspecified atom stereocenters. The Hall–Kier alpha value is -0.560. The lowest BCUT2D eigenvalue weighted by Crippen LogP contribution is -1.88. The first-order valence-electron chi connectivity index (χ1n) is 4.08. The second-order valence-electron chi connectivity index (χ2n) is 2.64. The Morgan fingerprint density at radius 1 is 1.45 bits per heavy atom. The van der Waals surface area contributed by atoms with Crippen molar-refractivity contribution in [1.82, 2.24) is 0 Å². The fraction of sp³-hybridized carbons (Fsp3) is 0.600. The van der Waals surface area contributed by atoms with Gasteiger partial charge in [0.15, 0.2) is 0 Å². The lowest BCUT2D eigenvalue weighted by Gasteiger charge is -1.98. The van der Waals surface area contributed by atoms with Gasteiger partial charge >= 0.3 is 0 Å². The first-order valence-corrected chi connectivity index (χ1v) is 4.08. The van der Waals surface area contributed by atoms with E-state index in [-0.39, 0.29) is 0 Å². The molecule has 1 heteroatoms. The summed E-state index contributed by atoms with van der Waals surface area (Å²) in [5, 5.41) is 0. The van der Waals surface area contributed by atoms with Crippen LogP contribution in [0.1, 0.15) is 26.7 Å². The standard InChI is InChI=1S/C10H18O/c1-4-5-7-10(2)8-6-9-11-3/h4-5,7H,6,8-9H2,1-3H3/b5-4-,10-7+. The molecule has 0 spiro atoms. The van der Waals surface area contributed by atoms with Gasteiger partial charge in [0.2, 0.25) is 0 Å². The van der Waals surface area contributed by atoms with Crippen molar-refractivity contribution in [3.8, 4) is 0 Å². The van der Waals surface area contributed by atoms with Gasteiger partial charge in [-0.25, -0.2) is 0 Å². The molecule has 0 heterocycles. The molecule has 0 bridgehead atoms. The van der Waals surface area contributed by atoms with Crippen LogP contribution in [-0.2, 0) is 4.74 Å². The van der Waals surface area contributed by atoms with Crippen LogP contribution in [0.25, 0.3) is 0 Å². The molecule has 0 aliphatic heterocycles. The molecule has 0 N–H and O–H groups in total. The zero-order valence-corrected chi connectivity index (χ0v) is 7.76. The number of ether oxygens (including phenoxy) is 1. The summed E-state index contributed by atoms with van der Waals surface area (Å²) >= 11 is 0. The largest absolute Gasteiger partial charge is 0.385 e. The van der Waals surface area contributed by atoms with Crippen LogP contribution in [-0.4, -0.2) is 13.7 Å². The van der Waals surface area contributed by atoms with Gasteiger partial charge in [-0.05, 0) is 26.7 Å². The number of allylic oxidation sites excluding steroid dienone is 4. The van der Waals surface area contributed by atoms with Crippen LogP contribution in [0.2, 0.25) is 0 Å². The second kappa shape index (κ2) is 7.55. The van der Waals surface area contributed by atoms with Crippen molar-refractivity contribution in [2.75, 3.05) is 13.7 Å². The highest BCUT2D eigenvalue weighted by molar-refractivity contribution is 5.09. The van der Waals surface area contributed by atoms with E-state index in [1.807, 2.05) is 13.0 Å². The minimum Gasteiger partial charge on any atom is -0.385 e. The minimum absolute atomic E-state index is 0.862. The molecule has 0 aliphatic carbocycles. The van der Waals surface area contributed by atoms with Gasteiger partial charge in [-0.15, -0.1) is 0 Å². The van der Waals surface area contributed by atoms with Crippen molar-refractivity contribution in [1.29, 1.82) is 0 Å². The van der Waals surface area contributed by atoms with Gasteiger partial charge in [-0.1, -0.05) is 23.8 Å². The van der Waals surface area contributed by atoms with Crippen molar-refractivity contribution in [2.24, 2.45) is 0 Å². The molecule has 0 saturated carbocycles. The van der Waals surface area contributed by atoms with Crippen LogP contribution in [0.3, 0.4) is 0 Å². The lowest BCUT2D eigenvalue weighted by atomic mass is 10.1. The minimum atomic E-state index is 0.862. The average molecular weight is 154 g/mol. The van der Waals surface area contributed by atoms with Crippen LogP contribution in [0, 0.1) is 0 Å². The predicted octanol–water partition coefficient (Wildman–Crippen LogP) is 2.94. The first kappa shape index (κ1) is 10.4. The maximum absolute atomic E-state index is 4.95. The molecule has 0 aliphatic rings. The van der Waals surface area contributed by atoms with Crippen LogP contribution < -0.4 is 0 Å². The summed E-state index contributed by atoms with van der Waals surface area (Å²) in [5.41, 5.74) is 1.42. The van der Waals surface area contributed by atoms with Gasteiger partial charge in [0.25, 0.3) is 0 Å². The number of hydrogen-bond donors (Lipinski definition) is 0. The van der Waals surface area contributed by atoms with Gasteiger partial charge in [0, 0.05) is 13.7 Å². The summed E-state index contributed by atoms with van der Waals surface area (Å²) in [6, 6.07) is 0. The van der Waals surface area contributed by atoms with Crippen molar-refractivity contribution in [3.63, 3.8) is 0 Å². The van der Waals surface area contributed by atoms with Crippen LogP contribution in [0.4, 0.5) is 0 Å². The van der Waals surface area contributed by atoms with Gasteiger partial charge in [-0.2, -0.15) is 0 Å². The van der Waals surface area contributed by atoms with Crippen LogP contribution >= 0.6 is 0 Å². The second-order valence-corrected chi connectivity index (χ2v) is 2.64. The molecule has 11 heavy (non-hydrogen) atoms. The Morgan fingerprint density at radius 3 is 2.73 bits per heavy atom. The highest BCUT2D eigenvalue weighted by Gasteiger charge is 1.87. The van der Waals surface area contributed by atoms with Gasteiger partial charge in [-0.3, -0.25) is 0 Å². The smallest absolute Gasteiger partial charge is 0.0465 e. The summed E-state index contributed by atoms with van der Waals surface area (Å²) in [5.74, 6) is 0. The SMILES string of the molecule is C/C=C\C=C(/C)CCCOC. The molecule has 64 valence electrons. The number of rotatable bonds is 5. The Bertz CT molecular complexity index is 134. The molecule has 0 amide bonds. The molecule has 0 aromatic carbocycles. The average Bonchev–Trinajstić information content (AvgIpc) is 2.01. The Balaban J connectivity index is 3.42. The third-order valence-corrected chi connectivity index (χ3v) is 1.49. The molecular weight excluding hydrogens is 136 g/mol. The Labute approximate surface area is 69.8 Å². The van der Waals surface area contributed by atoms with Gasteiger partial charge in [0.05, 0.1) is 0 Å². The highest BCUT2D eigenvalue weighted by Crippen LogP contribution is 2.03. The predicted molar refractivity (Wildman–Crippen MR) is 49.7 cm³/mol.